The maximum Gasteiger partial charge on any atom is 0.253 e. The van der Waals surface area contributed by atoms with Gasteiger partial charge in [-0.1, -0.05) is 0 Å². The predicted molar refractivity (Wildman–Crippen MR) is 123 cm³/mol. The molecule has 1 N–H and O–H groups in total. The molecule has 0 fully saturated rings. The fraction of sp³-hybridized carbons (Fsp3) is 0.160. The largest absolute Gasteiger partial charge is 0.494 e. The van der Waals surface area contributed by atoms with Crippen molar-refractivity contribution in [3.05, 3.63) is 101 Å². The molecule has 2 aromatic heterocycles. The van der Waals surface area contributed by atoms with E-state index in [0.29, 0.717) is 31.0 Å². The second-order valence-corrected chi connectivity index (χ2v) is 7.16. The fourth-order valence-corrected chi connectivity index (χ4v) is 3.32. The number of nitrogens with zero attached hydrogens (tertiary/aromatic N) is 3. The van der Waals surface area contributed by atoms with Crippen LogP contribution in [0.15, 0.2) is 90.2 Å². The molecule has 4 rings (SSSR count). The van der Waals surface area contributed by atoms with Crippen LogP contribution in [0, 0.1) is 0 Å². The van der Waals surface area contributed by atoms with Crippen LogP contribution in [0.2, 0.25) is 0 Å². The van der Waals surface area contributed by atoms with Crippen LogP contribution in [0.5, 0.6) is 5.75 Å². The van der Waals surface area contributed by atoms with Crippen molar-refractivity contribution < 1.29 is 9.53 Å². The van der Waals surface area contributed by atoms with E-state index < -0.39 is 0 Å². The lowest BCUT2D eigenvalue weighted by molar-refractivity contribution is 0.0952. The highest BCUT2D eigenvalue weighted by atomic mass is 16.5. The van der Waals surface area contributed by atoms with Crippen LogP contribution in [-0.2, 0) is 6.54 Å². The zero-order valence-corrected chi connectivity index (χ0v) is 17.8. The Morgan fingerprint density at radius 1 is 1.03 bits per heavy atom. The molecular weight excluding hydrogens is 404 g/mol. The summed E-state index contributed by atoms with van der Waals surface area (Å²) in [5.74, 6) is 0.593. The first-order valence-corrected chi connectivity index (χ1v) is 10.5. The molecule has 0 atom stereocenters. The summed E-state index contributed by atoms with van der Waals surface area (Å²) < 4.78 is 8.89. The van der Waals surface area contributed by atoms with Gasteiger partial charge in [-0.05, 0) is 67.6 Å². The topological polar surface area (TPSA) is 78.1 Å². The third-order valence-corrected chi connectivity index (χ3v) is 5.01. The second-order valence-electron chi connectivity index (χ2n) is 7.16. The van der Waals surface area contributed by atoms with Gasteiger partial charge < -0.3 is 14.6 Å². The SMILES string of the molecule is CCOc1ccc(-c2cc(=O)n(CCNC(=O)c3ccc(-n4cccc4)cc3)cn2)cc1. The Bertz CT molecular complexity index is 1230. The van der Waals surface area contributed by atoms with Crippen molar-refractivity contribution in [2.45, 2.75) is 13.5 Å². The van der Waals surface area contributed by atoms with Crippen molar-refractivity contribution in [1.29, 1.82) is 0 Å². The molecular formula is C25H24N4O3. The summed E-state index contributed by atoms with van der Waals surface area (Å²) in [4.78, 5) is 29.2. The lowest BCUT2D eigenvalue weighted by Crippen LogP contribution is -2.30. The lowest BCUT2D eigenvalue weighted by atomic mass is 10.1. The summed E-state index contributed by atoms with van der Waals surface area (Å²) in [5, 5.41) is 2.85. The van der Waals surface area contributed by atoms with Crippen LogP contribution < -0.4 is 15.6 Å². The molecule has 32 heavy (non-hydrogen) atoms. The van der Waals surface area contributed by atoms with Gasteiger partial charge in [0.05, 0.1) is 18.6 Å². The molecule has 0 aliphatic carbocycles. The van der Waals surface area contributed by atoms with E-state index in [4.69, 9.17) is 4.74 Å². The Morgan fingerprint density at radius 2 is 1.75 bits per heavy atom. The van der Waals surface area contributed by atoms with Crippen molar-refractivity contribution in [2.75, 3.05) is 13.2 Å². The molecule has 0 radical (unpaired) electrons. The molecule has 0 saturated carbocycles. The molecule has 2 aromatic carbocycles. The minimum absolute atomic E-state index is 0.172. The van der Waals surface area contributed by atoms with Gasteiger partial charge in [-0.3, -0.25) is 14.2 Å². The van der Waals surface area contributed by atoms with Gasteiger partial charge in [0.1, 0.15) is 5.75 Å². The van der Waals surface area contributed by atoms with Crippen LogP contribution in [0.4, 0.5) is 0 Å². The number of nitrogens with one attached hydrogen (secondary N) is 1. The van der Waals surface area contributed by atoms with Crippen LogP contribution in [-0.4, -0.2) is 33.2 Å². The van der Waals surface area contributed by atoms with Gasteiger partial charge in [0.15, 0.2) is 0 Å². The quantitative estimate of drug-likeness (QED) is 0.466. The van der Waals surface area contributed by atoms with E-state index in [9.17, 15) is 9.59 Å². The maximum absolute atomic E-state index is 12.5. The van der Waals surface area contributed by atoms with Crippen molar-refractivity contribution in [2.24, 2.45) is 0 Å². The fourth-order valence-electron chi connectivity index (χ4n) is 3.32. The molecule has 2 heterocycles. The van der Waals surface area contributed by atoms with E-state index in [2.05, 4.69) is 10.3 Å². The summed E-state index contributed by atoms with van der Waals surface area (Å²) >= 11 is 0. The molecule has 7 heteroatoms. The number of carbonyl (C=O) groups excluding carboxylic acids is 1. The Morgan fingerprint density at radius 3 is 2.41 bits per heavy atom. The highest BCUT2D eigenvalue weighted by Crippen LogP contribution is 2.19. The third-order valence-electron chi connectivity index (χ3n) is 5.01. The Kier molecular flexibility index (Phi) is 6.46. The van der Waals surface area contributed by atoms with E-state index in [1.807, 2.05) is 72.4 Å². The molecule has 0 unspecified atom stereocenters. The molecule has 4 aromatic rings. The van der Waals surface area contributed by atoms with Crippen molar-refractivity contribution in [1.82, 2.24) is 19.4 Å². The highest BCUT2D eigenvalue weighted by molar-refractivity contribution is 5.94. The Labute approximate surface area is 185 Å². The molecule has 0 aliphatic rings. The van der Waals surface area contributed by atoms with Gasteiger partial charge in [0.25, 0.3) is 11.5 Å². The average Bonchev–Trinajstić information content (AvgIpc) is 3.36. The van der Waals surface area contributed by atoms with Crippen molar-refractivity contribution in [3.63, 3.8) is 0 Å². The number of ether oxygens (including phenoxy) is 1. The number of carbonyl (C=O) groups is 1. The van der Waals surface area contributed by atoms with Gasteiger partial charge in [-0.15, -0.1) is 0 Å². The number of hydrogen-bond donors (Lipinski definition) is 1. The third kappa shape index (κ3) is 4.95. The smallest absolute Gasteiger partial charge is 0.253 e. The van der Waals surface area contributed by atoms with E-state index in [1.54, 1.807) is 12.1 Å². The molecule has 0 bridgehead atoms. The molecule has 1 amide bonds. The molecule has 7 nitrogen and oxygen atoms in total. The van der Waals surface area contributed by atoms with E-state index in [0.717, 1.165) is 17.0 Å². The van der Waals surface area contributed by atoms with Gasteiger partial charge in [0, 0.05) is 48.4 Å². The van der Waals surface area contributed by atoms with Gasteiger partial charge in [-0.2, -0.15) is 0 Å². The lowest BCUT2D eigenvalue weighted by Gasteiger charge is -2.09. The highest BCUT2D eigenvalue weighted by Gasteiger charge is 2.07. The van der Waals surface area contributed by atoms with Crippen molar-refractivity contribution >= 4 is 5.91 Å². The zero-order chi connectivity index (χ0) is 22.3. The first kappa shape index (κ1) is 21.1. The van der Waals surface area contributed by atoms with E-state index >= 15 is 0 Å². The number of benzene rings is 2. The summed E-state index contributed by atoms with van der Waals surface area (Å²) in [5.41, 5.74) is 2.82. The standard InChI is InChI=1S/C25H24N4O3/c1-2-32-22-11-7-19(8-12-22)23-17-24(30)29(18-27-23)16-13-26-25(31)20-5-9-21(10-6-20)28-14-3-4-15-28/h3-12,14-15,17-18H,2,13,16H2,1H3,(H,26,31). The molecule has 0 spiro atoms. The average molecular weight is 428 g/mol. The summed E-state index contributed by atoms with van der Waals surface area (Å²) in [6.45, 7) is 3.19. The Hall–Kier alpha value is -4.13. The normalized spacial score (nSPS) is 10.7. The van der Waals surface area contributed by atoms with Crippen LogP contribution in [0.1, 0.15) is 17.3 Å². The molecule has 162 valence electrons. The predicted octanol–water partition coefficient (Wildman–Crippen LogP) is 3.53. The van der Waals surface area contributed by atoms with E-state index in [-0.39, 0.29) is 11.5 Å². The monoisotopic (exact) mass is 428 g/mol. The number of amides is 1. The van der Waals surface area contributed by atoms with Crippen LogP contribution in [0.25, 0.3) is 16.9 Å². The molecule has 0 aliphatic heterocycles. The first-order chi connectivity index (χ1) is 15.6. The summed E-state index contributed by atoms with van der Waals surface area (Å²) in [7, 11) is 0. The van der Waals surface area contributed by atoms with Gasteiger partial charge in [0.2, 0.25) is 0 Å². The number of rotatable bonds is 8. The van der Waals surface area contributed by atoms with E-state index in [1.165, 1.54) is 17.0 Å². The maximum atomic E-state index is 12.5. The first-order valence-electron chi connectivity index (χ1n) is 10.5. The van der Waals surface area contributed by atoms with Crippen LogP contribution >= 0.6 is 0 Å². The number of hydrogen-bond acceptors (Lipinski definition) is 4. The zero-order valence-electron chi connectivity index (χ0n) is 17.8. The Balaban J connectivity index is 1.33. The van der Waals surface area contributed by atoms with Crippen LogP contribution in [0.3, 0.4) is 0 Å². The molecule has 0 saturated heterocycles. The van der Waals surface area contributed by atoms with Crippen molar-refractivity contribution in [3.8, 4) is 22.7 Å². The minimum atomic E-state index is -0.184. The van der Waals surface area contributed by atoms with Gasteiger partial charge >= 0.3 is 0 Å². The minimum Gasteiger partial charge on any atom is -0.494 e. The van der Waals surface area contributed by atoms with Gasteiger partial charge in [-0.25, -0.2) is 4.98 Å². The number of aromatic nitrogens is 3. The summed E-state index contributed by atoms with van der Waals surface area (Å²) in [6.07, 6.45) is 5.40. The second kappa shape index (κ2) is 9.78. The summed E-state index contributed by atoms with van der Waals surface area (Å²) in [6, 6.07) is 20.2.